The van der Waals surface area contributed by atoms with Crippen molar-refractivity contribution in [2.45, 2.75) is 19.3 Å². The van der Waals surface area contributed by atoms with Crippen LogP contribution in [0, 0.1) is 0 Å². The van der Waals surface area contributed by atoms with Crippen LogP contribution in [-0.4, -0.2) is 33.7 Å². The summed E-state index contributed by atoms with van der Waals surface area (Å²) >= 11 is 0. The molecule has 0 aliphatic carbocycles. The number of nitrogens with one attached hydrogen (secondary N) is 1. The van der Waals surface area contributed by atoms with E-state index in [0.717, 1.165) is 0 Å². The van der Waals surface area contributed by atoms with Crippen LogP contribution in [0.15, 0.2) is 18.2 Å². The van der Waals surface area contributed by atoms with Gasteiger partial charge in [0, 0.05) is 13.0 Å². The molecule has 1 aromatic rings. The van der Waals surface area contributed by atoms with E-state index in [4.69, 9.17) is 5.11 Å². The van der Waals surface area contributed by atoms with Crippen LogP contribution in [0.4, 0.5) is 0 Å². The zero-order valence-corrected chi connectivity index (χ0v) is 9.72. The number of hydrogen-bond donors (Lipinski definition) is 4. The van der Waals surface area contributed by atoms with Gasteiger partial charge < -0.3 is 20.6 Å². The lowest BCUT2D eigenvalue weighted by atomic mass is 10.1. The van der Waals surface area contributed by atoms with Gasteiger partial charge in [0.25, 0.3) is 5.91 Å². The van der Waals surface area contributed by atoms with Crippen molar-refractivity contribution >= 4 is 11.9 Å². The first-order chi connectivity index (χ1) is 8.52. The van der Waals surface area contributed by atoms with Crippen molar-refractivity contribution in [1.82, 2.24) is 5.32 Å². The molecule has 0 spiro atoms. The average molecular weight is 253 g/mol. The van der Waals surface area contributed by atoms with Crippen molar-refractivity contribution in [1.29, 1.82) is 0 Å². The molecule has 6 heteroatoms. The van der Waals surface area contributed by atoms with Crippen LogP contribution in [0.5, 0.6) is 11.5 Å². The lowest BCUT2D eigenvalue weighted by Gasteiger charge is -2.07. The number of amides is 1. The molecule has 0 aliphatic rings. The number of hydrogen-bond acceptors (Lipinski definition) is 4. The summed E-state index contributed by atoms with van der Waals surface area (Å²) in [5.74, 6) is -2.04. The number of aromatic hydroxyl groups is 2. The standard InChI is InChI=1S/C12H15NO5/c14-8-4-3-5-9(15)11(8)12(18)13-7-2-1-6-10(16)17/h3-5,14-15H,1-2,6-7H2,(H,13,18)(H,16,17). The van der Waals surface area contributed by atoms with Crippen molar-refractivity contribution in [2.75, 3.05) is 6.54 Å². The van der Waals surface area contributed by atoms with E-state index in [2.05, 4.69) is 5.32 Å². The first-order valence-corrected chi connectivity index (χ1v) is 5.53. The van der Waals surface area contributed by atoms with E-state index in [0.29, 0.717) is 19.4 Å². The van der Waals surface area contributed by atoms with Crippen molar-refractivity contribution in [3.63, 3.8) is 0 Å². The number of carboxylic acids is 1. The fourth-order valence-corrected chi connectivity index (χ4v) is 1.45. The van der Waals surface area contributed by atoms with Gasteiger partial charge in [0.15, 0.2) is 0 Å². The first-order valence-electron chi connectivity index (χ1n) is 5.53. The summed E-state index contributed by atoms with van der Waals surface area (Å²) in [6.45, 7) is 0.292. The van der Waals surface area contributed by atoms with Gasteiger partial charge in [-0.05, 0) is 25.0 Å². The van der Waals surface area contributed by atoms with Crippen LogP contribution in [0.1, 0.15) is 29.6 Å². The van der Waals surface area contributed by atoms with Crippen LogP contribution >= 0.6 is 0 Å². The van der Waals surface area contributed by atoms with Crippen LogP contribution < -0.4 is 5.32 Å². The minimum absolute atomic E-state index is 0.0533. The van der Waals surface area contributed by atoms with Crippen molar-refractivity contribution < 1.29 is 24.9 Å². The third kappa shape index (κ3) is 3.97. The summed E-state index contributed by atoms with van der Waals surface area (Å²) in [5.41, 5.74) is -0.171. The highest BCUT2D eigenvalue weighted by atomic mass is 16.4. The summed E-state index contributed by atoms with van der Waals surface area (Å²) in [6, 6.07) is 4.03. The maximum atomic E-state index is 11.6. The first kappa shape index (κ1) is 13.8. The van der Waals surface area contributed by atoms with E-state index in [1.165, 1.54) is 18.2 Å². The molecule has 0 saturated carbocycles. The third-order valence-corrected chi connectivity index (χ3v) is 2.35. The Balaban J connectivity index is 2.44. The monoisotopic (exact) mass is 253 g/mol. The molecule has 0 unspecified atom stereocenters. The maximum absolute atomic E-state index is 11.6. The van der Waals surface area contributed by atoms with E-state index >= 15 is 0 Å². The van der Waals surface area contributed by atoms with E-state index in [1.807, 2.05) is 0 Å². The number of benzene rings is 1. The summed E-state index contributed by atoms with van der Waals surface area (Å²) in [7, 11) is 0. The largest absolute Gasteiger partial charge is 0.507 e. The van der Waals surface area contributed by atoms with Gasteiger partial charge in [-0.25, -0.2) is 0 Å². The minimum atomic E-state index is -0.875. The number of aliphatic carboxylic acids is 1. The molecule has 0 bridgehead atoms. The molecule has 0 heterocycles. The molecule has 1 rings (SSSR count). The third-order valence-electron chi connectivity index (χ3n) is 2.35. The number of rotatable bonds is 6. The predicted molar refractivity (Wildman–Crippen MR) is 63.6 cm³/mol. The lowest BCUT2D eigenvalue weighted by Crippen LogP contribution is -2.24. The number of phenolic OH excluding ortho intramolecular Hbond substituents is 2. The Labute approximate surface area is 104 Å². The lowest BCUT2D eigenvalue weighted by molar-refractivity contribution is -0.137. The summed E-state index contributed by atoms with van der Waals surface area (Å²) in [5, 5.41) is 29.8. The smallest absolute Gasteiger partial charge is 0.303 e. The van der Waals surface area contributed by atoms with Crippen molar-refractivity contribution in [2.24, 2.45) is 0 Å². The van der Waals surface area contributed by atoms with Crippen LogP contribution in [0.25, 0.3) is 0 Å². The second kappa shape index (κ2) is 6.48. The number of carbonyl (C=O) groups excluding carboxylic acids is 1. The Hall–Kier alpha value is -2.24. The van der Waals surface area contributed by atoms with Crippen LogP contribution in [0.2, 0.25) is 0 Å². The van der Waals surface area contributed by atoms with E-state index in [1.54, 1.807) is 0 Å². The van der Waals surface area contributed by atoms with E-state index in [-0.39, 0.29) is 23.5 Å². The summed E-state index contributed by atoms with van der Waals surface area (Å²) in [4.78, 5) is 21.9. The molecule has 1 amide bonds. The quantitative estimate of drug-likeness (QED) is 0.567. The second-order valence-electron chi connectivity index (χ2n) is 3.78. The average Bonchev–Trinajstić information content (AvgIpc) is 2.27. The molecule has 0 radical (unpaired) electrons. The Morgan fingerprint density at radius 2 is 1.72 bits per heavy atom. The van der Waals surface area contributed by atoms with Gasteiger partial charge in [-0.15, -0.1) is 0 Å². The Kier molecular flexibility index (Phi) is 4.98. The normalized spacial score (nSPS) is 10.0. The van der Waals surface area contributed by atoms with Gasteiger partial charge in [-0.2, -0.15) is 0 Å². The molecule has 98 valence electrons. The molecule has 1 aromatic carbocycles. The number of phenols is 2. The fraction of sp³-hybridized carbons (Fsp3) is 0.333. The summed E-state index contributed by atoms with van der Waals surface area (Å²) < 4.78 is 0. The molecule has 18 heavy (non-hydrogen) atoms. The van der Waals surface area contributed by atoms with Gasteiger partial charge in [0.2, 0.25) is 0 Å². The molecule has 6 nitrogen and oxygen atoms in total. The highest BCUT2D eigenvalue weighted by Crippen LogP contribution is 2.25. The molecule has 0 atom stereocenters. The van der Waals surface area contributed by atoms with Gasteiger partial charge >= 0.3 is 5.97 Å². The summed E-state index contributed by atoms with van der Waals surface area (Å²) in [6.07, 6.45) is 1.03. The molecule has 0 fully saturated rings. The fourth-order valence-electron chi connectivity index (χ4n) is 1.45. The Morgan fingerprint density at radius 1 is 1.11 bits per heavy atom. The second-order valence-corrected chi connectivity index (χ2v) is 3.78. The number of carbonyl (C=O) groups is 2. The van der Waals surface area contributed by atoms with Crippen molar-refractivity contribution in [3.8, 4) is 11.5 Å². The van der Waals surface area contributed by atoms with Crippen molar-refractivity contribution in [3.05, 3.63) is 23.8 Å². The van der Waals surface area contributed by atoms with Gasteiger partial charge in [-0.1, -0.05) is 6.07 Å². The topological polar surface area (TPSA) is 107 Å². The number of unbranched alkanes of at least 4 members (excludes halogenated alkanes) is 1. The highest BCUT2D eigenvalue weighted by molar-refractivity contribution is 5.99. The van der Waals surface area contributed by atoms with Crippen LogP contribution in [0.3, 0.4) is 0 Å². The Bertz CT molecular complexity index is 424. The van der Waals surface area contributed by atoms with Gasteiger partial charge in [0.05, 0.1) is 0 Å². The molecule has 0 aliphatic heterocycles. The zero-order chi connectivity index (χ0) is 13.5. The predicted octanol–water partition coefficient (Wildman–Crippen LogP) is 1.08. The molecule has 4 N–H and O–H groups in total. The molecular weight excluding hydrogens is 238 g/mol. The minimum Gasteiger partial charge on any atom is -0.507 e. The molecule has 0 saturated heterocycles. The van der Waals surface area contributed by atoms with Crippen LogP contribution in [-0.2, 0) is 4.79 Å². The Morgan fingerprint density at radius 3 is 2.28 bits per heavy atom. The van der Waals surface area contributed by atoms with Gasteiger partial charge in [0.1, 0.15) is 17.1 Å². The molecular formula is C12H15NO5. The SMILES string of the molecule is O=C(O)CCCCNC(=O)c1c(O)cccc1O. The zero-order valence-electron chi connectivity index (χ0n) is 9.72. The number of carboxylic acid groups (broad SMARTS) is 1. The highest BCUT2D eigenvalue weighted by Gasteiger charge is 2.15. The molecule has 0 aromatic heterocycles. The van der Waals surface area contributed by atoms with Gasteiger partial charge in [-0.3, -0.25) is 9.59 Å². The van der Waals surface area contributed by atoms with E-state index < -0.39 is 11.9 Å². The maximum Gasteiger partial charge on any atom is 0.303 e. The van der Waals surface area contributed by atoms with E-state index in [9.17, 15) is 19.8 Å².